The number of hydrogen-bond acceptors (Lipinski definition) is 4. The lowest BCUT2D eigenvalue weighted by atomic mass is 10.3. The van der Waals surface area contributed by atoms with E-state index in [2.05, 4.69) is 31.1 Å². The van der Waals surface area contributed by atoms with E-state index in [1.54, 1.807) is 12.1 Å². The Morgan fingerprint density at radius 3 is 2.44 bits per heavy atom. The van der Waals surface area contributed by atoms with Gasteiger partial charge in [0.15, 0.2) is 5.69 Å². The van der Waals surface area contributed by atoms with E-state index in [1.165, 1.54) is 6.20 Å². The van der Waals surface area contributed by atoms with E-state index in [4.69, 9.17) is 5.73 Å². The number of benzene rings is 1. The van der Waals surface area contributed by atoms with Gasteiger partial charge in [-0.25, -0.2) is 0 Å². The summed E-state index contributed by atoms with van der Waals surface area (Å²) in [6.07, 6.45) is 1.46. The minimum atomic E-state index is -0.0849. The fraction of sp³-hybridized carbons (Fsp3) is 0. The van der Waals surface area contributed by atoms with Gasteiger partial charge in [-0.3, -0.25) is 0 Å². The number of anilines is 1. The zero-order valence-electron chi connectivity index (χ0n) is 8.18. The summed E-state index contributed by atoms with van der Waals surface area (Å²) < 4.78 is 0.968. The monoisotopic (exact) mass is 280 g/mol. The third-order valence-corrected chi connectivity index (χ3v) is 2.48. The van der Waals surface area contributed by atoms with Gasteiger partial charge in [0.1, 0.15) is 0 Å². The van der Waals surface area contributed by atoms with Crippen molar-refractivity contribution < 1.29 is 5.11 Å². The van der Waals surface area contributed by atoms with E-state index in [0.29, 0.717) is 11.4 Å². The van der Waals surface area contributed by atoms with Crippen LogP contribution in [0.25, 0.3) is 0 Å². The molecule has 0 spiro atoms. The van der Waals surface area contributed by atoms with E-state index < -0.39 is 0 Å². The van der Waals surface area contributed by atoms with Gasteiger partial charge in [0.05, 0.1) is 11.4 Å². The molecule has 16 heavy (non-hydrogen) atoms. The van der Waals surface area contributed by atoms with Crippen molar-refractivity contribution in [2.45, 2.75) is 0 Å². The molecule has 0 aliphatic rings. The first-order valence-corrected chi connectivity index (χ1v) is 5.29. The molecule has 2 rings (SSSR count). The normalized spacial score (nSPS) is 11.1. The second-order valence-electron chi connectivity index (χ2n) is 3.12. The Kier molecular flexibility index (Phi) is 2.91. The summed E-state index contributed by atoms with van der Waals surface area (Å²) in [5, 5.41) is 17.2. The molecule has 0 aliphatic heterocycles. The Morgan fingerprint density at radius 2 is 1.88 bits per heavy atom. The smallest absolute Gasteiger partial charge is 0.219 e. The maximum atomic E-state index is 9.36. The number of aromatic hydroxyl groups is 1. The molecule has 82 valence electrons. The highest BCUT2D eigenvalue weighted by Gasteiger charge is 2.05. The second kappa shape index (κ2) is 4.36. The fourth-order valence-electron chi connectivity index (χ4n) is 1.14. The van der Waals surface area contributed by atoms with E-state index in [9.17, 15) is 5.11 Å². The number of aromatic nitrogens is 1. The molecule has 0 amide bonds. The van der Waals surface area contributed by atoms with Crippen molar-refractivity contribution in [2.75, 3.05) is 5.73 Å². The fourth-order valence-corrected chi connectivity index (χ4v) is 1.40. The number of nitrogens with zero attached hydrogens (tertiary/aromatic N) is 2. The van der Waals surface area contributed by atoms with Gasteiger partial charge in [-0.2, -0.15) is 5.11 Å². The van der Waals surface area contributed by atoms with Crippen molar-refractivity contribution >= 4 is 33.0 Å². The lowest BCUT2D eigenvalue weighted by Crippen LogP contribution is -1.78. The van der Waals surface area contributed by atoms with Crippen molar-refractivity contribution in [3.05, 3.63) is 34.9 Å². The summed E-state index contributed by atoms with van der Waals surface area (Å²) >= 11 is 3.32. The topological polar surface area (TPSA) is 86.8 Å². The predicted molar refractivity (Wildman–Crippen MR) is 65.2 cm³/mol. The number of rotatable bonds is 2. The average Bonchev–Trinajstić information content (AvgIpc) is 2.59. The second-order valence-corrected chi connectivity index (χ2v) is 4.03. The number of azo groups is 1. The van der Waals surface area contributed by atoms with Crippen molar-refractivity contribution in [3.8, 4) is 5.88 Å². The number of aromatic amines is 1. The van der Waals surface area contributed by atoms with E-state index in [0.717, 1.165) is 4.47 Å². The van der Waals surface area contributed by atoms with Gasteiger partial charge >= 0.3 is 0 Å². The zero-order chi connectivity index (χ0) is 11.5. The molecule has 0 bridgehead atoms. The summed E-state index contributed by atoms with van der Waals surface area (Å²) in [6, 6.07) is 7.31. The largest absolute Gasteiger partial charge is 0.493 e. The Balaban J connectivity index is 2.24. The van der Waals surface area contributed by atoms with Crippen LogP contribution in [0.4, 0.5) is 17.1 Å². The van der Waals surface area contributed by atoms with Gasteiger partial charge in [-0.15, -0.1) is 5.11 Å². The van der Waals surface area contributed by atoms with Crippen LogP contribution >= 0.6 is 15.9 Å². The summed E-state index contributed by atoms with van der Waals surface area (Å²) in [5.41, 5.74) is 6.87. The third kappa shape index (κ3) is 2.22. The van der Waals surface area contributed by atoms with Crippen molar-refractivity contribution in [1.82, 2.24) is 4.98 Å². The molecule has 4 N–H and O–H groups in total. The molecular formula is C10H9BrN4O. The number of H-pyrrole nitrogens is 1. The van der Waals surface area contributed by atoms with Gasteiger partial charge in [0.25, 0.3) is 0 Å². The molecule has 2 aromatic rings. The Bertz CT molecular complexity index is 499. The first-order valence-electron chi connectivity index (χ1n) is 4.50. The highest BCUT2D eigenvalue weighted by molar-refractivity contribution is 9.10. The SMILES string of the molecule is Nc1c[nH]c(O)c1N=Nc1ccc(Br)cc1. The van der Waals surface area contributed by atoms with Crippen LogP contribution in [-0.2, 0) is 0 Å². The number of hydrogen-bond donors (Lipinski definition) is 3. The van der Waals surface area contributed by atoms with Crippen LogP contribution in [0.2, 0.25) is 0 Å². The molecule has 0 saturated carbocycles. The molecule has 1 aromatic heterocycles. The molecule has 1 aromatic carbocycles. The highest BCUT2D eigenvalue weighted by atomic mass is 79.9. The first-order chi connectivity index (χ1) is 7.66. The maximum Gasteiger partial charge on any atom is 0.219 e. The van der Waals surface area contributed by atoms with Crippen molar-refractivity contribution in [3.63, 3.8) is 0 Å². The predicted octanol–water partition coefficient (Wildman–Crippen LogP) is 3.48. The van der Waals surface area contributed by atoms with E-state index in [-0.39, 0.29) is 11.6 Å². The first kappa shape index (κ1) is 10.7. The molecule has 5 nitrogen and oxygen atoms in total. The number of nitrogens with one attached hydrogen (secondary N) is 1. The van der Waals surface area contributed by atoms with E-state index >= 15 is 0 Å². The van der Waals surface area contributed by atoms with E-state index in [1.807, 2.05) is 12.1 Å². The number of halogens is 1. The Morgan fingerprint density at radius 1 is 1.19 bits per heavy atom. The lowest BCUT2D eigenvalue weighted by Gasteiger charge is -1.93. The highest BCUT2D eigenvalue weighted by Crippen LogP contribution is 2.33. The molecule has 0 aliphatic carbocycles. The van der Waals surface area contributed by atoms with Crippen LogP contribution < -0.4 is 5.73 Å². The van der Waals surface area contributed by atoms with Gasteiger partial charge in [-0.1, -0.05) is 15.9 Å². The minimum absolute atomic E-state index is 0.0849. The molecular weight excluding hydrogens is 272 g/mol. The number of nitrogens with two attached hydrogens (primary N) is 1. The lowest BCUT2D eigenvalue weighted by molar-refractivity contribution is 0.458. The van der Waals surface area contributed by atoms with Crippen LogP contribution in [-0.4, -0.2) is 10.1 Å². The van der Waals surface area contributed by atoms with Gasteiger partial charge in [-0.05, 0) is 24.3 Å². The third-order valence-electron chi connectivity index (χ3n) is 1.95. The molecule has 0 radical (unpaired) electrons. The standard InChI is InChI=1S/C10H9BrN4O/c11-6-1-3-7(4-2-6)14-15-9-8(12)5-13-10(9)16/h1-5,13,16H,12H2. The van der Waals surface area contributed by atoms with Crippen LogP contribution in [0.5, 0.6) is 5.88 Å². The molecule has 0 unspecified atom stereocenters. The zero-order valence-corrected chi connectivity index (χ0v) is 9.77. The van der Waals surface area contributed by atoms with Crippen LogP contribution in [0.1, 0.15) is 0 Å². The molecule has 0 atom stereocenters. The van der Waals surface area contributed by atoms with Crippen molar-refractivity contribution in [2.24, 2.45) is 10.2 Å². The molecule has 0 fully saturated rings. The summed E-state index contributed by atoms with van der Waals surface area (Å²) in [6.45, 7) is 0. The summed E-state index contributed by atoms with van der Waals surface area (Å²) in [4.78, 5) is 2.55. The summed E-state index contributed by atoms with van der Waals surface area (Å²) in [5.74, 6) is -0.0849. The maximum absolute atomic E-state index is 9.36. The quantitative estimate of drug-likeness (QED) is 0.736. The Labute approximate surface area is 100 Å². The molecule has 6 heteroatoms. The van der Waals surface area contributed by atoms with Gasteiger partial charge in [0.2, 0.25) is 5.88 Å². The van der Waals surface area contributed by atoms with Crippen molar-refractivity contribution in [1.29, 1.82) is 0 Å². The Hall–Kier alpha value is -1.82. The summed E-state index contributed by atoms with van der Waals surface area (Å²) in [7, 11) is 0. The van der Waals surface area contributed by atoms with Gasteiger partial charge in [0, 0.05) is 10.7 Å². The van der Waals surface area contributed by atoms with Crippen LogP contribution in [0.15, 0.2) is 45.2 Å². The molecule has 0 saturated heterocycles. The average molecular weight is 281 g/mol. The van der Waals surface area contributed by atoms with Gasteiger partial charge < -0.3 is 15.8 Å². The minimum Gasteiger partial charge on any atom is -0.493 e. The van der Waals surface area contributed by atoms with Crippen LogP contribution in [0.3, 0.4) is 0 Å². The molecule has 1 heterocycles. The van der Waals surface area contributed by atoms with Crippen LogP contribution in [0, 0.1) is 0 Å². The number of nitrogen functional groups attached to an aromatic ring is 1.